The van der Waals surface area contributed by atoms with Crippen molar-refractivity contribution in [2.75, 3.05) is 0 Å². The first-order chi connectivity index (χ1) is 9.27. The molecule has 0 aliphatic carbocycles. The highest BCUT2D eigenvalue weighted by Crippen LogP contribution is 2.29. The zero-order valence-electron chi connectivity index (χ0n) is 11.0. The molecule has 0 amide bonds. The molecule has 0 saturated heterocycles. The number of carbonyl (C=O) groups is 1. The Bertz CT molecular complexity index is 644. The molecule has 0 spiro atoms. The largest absolute Gasteiger partial charge is 0.416 e. The minimum Gasteiger partial charge on any atom is -0.294 e. The summed E-state index contributed by atoms with van der Waals surface area (Å²) in [5.74, 6) is -0.362. The zero-order valence-corrected chi connectivity index (χ0v) is 11.0. The second-order valence-electron chi connectivity index (χ2n) is 4.58. The quantitative estimate of drug-likeness (QED) is 0.810. The van der Waals surface area contributed by atoms with Gasteiger partial charge >= 0.3 is 6.18 Å². The van der Waals surface area contributed by atoms with Crippen LogP contribution in [0.1, 0.15) is 27.3 Å². The van der Waals surface area contributed by atoms with Gasteiger partial charge in [0.05, 0.1) is 17.7 Å². The molecule has 0 unspecified atom stereocenters. The van der Waals surface area contributed by atoms with Crippen LogP contribution in [-0.4, -0.2) is 15.6 Å². The fraction of sp³-hybridized carbons (Fsp3) is 0.286. The summed E-state index contributed by atoms with van der Waals surface area (Å²) in [5.41, 5.74) is 0.674. The van der Waals surface area contributed by atoms with Crippen molar-refractivity contribution in [2.24, 2.45) is 7.05 Å². The summed E-state index contributed by atoms with van der Waals surface area (Å²) >= 11 is 0. The van der Waals surface area contributed by atoms with Gasteiger partial charge in [-0.1, -0.05) is 12.1 Å². The predicted molar refractivity (Wildman–Crippen MR) is 67.4 cm³/mol. The molecule has 0 radical (unpaired) electrons. The summed E-state index contributed by atoms with van der Waals surface area (Å²) < 4.78 is 39.4. The Kier molecular flexibility index (Phi) is 3.65. The molecular formula is C14H13F3N2O. The third-order valence-corrected chi connectivity index (χ3v) is 2.95. The minimum atomic E-state index is -4.45. The molecule has 0 aliphatic rings. The van der Waals surface area contributed by atoms with E-state index >= 15 is 0 Å². The van der Waals surface area contributed by atoms with E-state index in [1.165, 1.54) is 12.1 Å². The molecular weight excluding hydrogens is 269 g/mol. The number of hydrogen-bond acceptors (Lipinski definition) is 2. The molecule has 0 atom stereocenters. The lowest BCUT2D eigenvalue weighted by Gasteiger charge is -2.08. The van der Waals surface area contributed by atoms with Crippen LogP contribution in [0.4, 0.5) is 13.2 Å². The van der Waals surface area contributed by atoms with Crippen molar-refractivity contribution < 1.29 is 18.0 Å². The number of Topliss-reactive ketones (excluding diaryl/α,β-unsaturated/α-hetero) is 1. The number of halogens is 3. The van der Waals surface area contributed by atoms with Crippen molar-refractivity contribution in [1.29, 1.82) is 0 Å². The molecule has 0 saturated carbocycles. The highest BCUT2D eigenvalue weighted by Gasteiger charge is 2.30. The van der Waals surface area contributed by atoms with Crippen molar-refractivity contribution in [3.63, 3.8) is 0 Å². The molecule has 0 bridgehead atoms. The van der Waals surface area contributed by atoms with Crippen LogP contribution < -0.4 is 0 Å². The zero-order chi connectivity index (χ0) is 14.9. The van der Waals surface area contributed by atoms with Gasteiger partial charge < -0.3 is 0 Å². The molecule has 1 aromatic heterocycles. The normalized spacial score (nSPS) is 11.7. The molecule has 20 heavy (non-hydrogen) atoms. The Balaban J connectivity index is 2.24. The lowest BCUT2D eigenvalue weighted by Crippen LogP contribution is -2.10. The lowest BCUT2D eigenvalue weighted by molar-refractivity contribution is -0.137. The van der Waals surface area contributed by atoms with Crippen molar-refractivity contribution in [2.45, 2.75) is 19.5 Å². The molecule has 1 aromatic carbocycles. The number of aromatic nitrogens is 2. The number of alkyl halides is 3. The summed E-state index contributed by atoms with van der Waals surface area (Å²) in [4.78, 5) is 12.0. The average Bonchev–Trinajstić information content (AvgIpc) is 2.67. The third-order valence-electron chi connectivity index (χ3n) is 2.95. The van der Waals surface area contributed by atoms with Crippen LogP contribution in [0.15, 0.2) is 30.3 Å². The van der Waals surface area contributed by atoms with Crippen LogP contribution in [0, 0.1) is 6.92 Å². The monoisotopic (exact) mass is 282 g/mol. The van der Waals surface area contributed by atoms with Gasteiger partial charge in [-0.05, 0) is 25.1 Å². The van der Waals surface area contributed by atoms with Crippen LogP contribution in [0.25, 0.3) is 0 Å². The second kappa shape index (κ2) is 5.11. The van der Waals surface area contributed by atoms with Gasteiger partial charge in [0.25, 0.3) is 0 Å². The number of nitrogens with zero attached hydrogens (tertiary/aromatic N) is 2. The Hall–Kier alpha value is -2.11. The van der Waals surface area contributed by atoms with Gasteiger partial charge in [0.2, 0.25) is 0 Å². The number of aryl methyl sites for hydroxylation is 2. The Morgan fingerprint density at radius 2 is 2.00 bits per heavy atom. The topological polar surface area (TPSA) is 34.9 Å². The number of benzene rings is 1. The van der Waals surface area contributed by atoms with Gasteiger partial charge in [-0.2, -0.15) is 18.3 Å². The smallest absolute Gasteiger partial charge is 0.294 e. The summed E-state index contributed by atoms with van der Waals surface area (Å²) in [5, 5.41) is 4.10. The molecule has 1 heterocycles. The van der Waals surface area contributed by atoms with Crippen LogP contribution >= 0.6 is 0 Å². The SMILES string of the molecule is Cc1cc(CC(=O)c2cccc(C(F)(F)F)c2)n(C)n1. The van der Waals surface area contributed by atoms with Gasteiger partial charge in [0, 0.05) is 18.3 Å². The summed E-state index contributed by atoms with van der Waals surface area (Å²) in [6.07, 6.45) is -4.42. The molecule has 3 nitrogen and oxygen atoms in total. The maximum atomic E-state index is 12.6. The molecule has 0 N–H and O–H groups in total. The van der Waals surface area contributed by atoms with E-state index in [9.17, 15) is 18.0 Å². The lowest BCUT2D eigenvalue weighted by atomic mass is 10.0. The molecule has 0 fully saturated rings. The van der Waals surface area contributed by atoms with Gasteiger partial charge in [-0.3, -0.25) is 9.48 Å². The maximum absolute atomic E-state index is 12.6. The fourth-order valence-electron chi connectivity index (χ4n) is 1.97. The molecule has 2 aromatic rings. The Morgan fingerprint density at radius 3 is 2.55 bits per heavy atom. The van der Waals surface area contributed by atoms with Crippen molar-refractivity contribution >= 4 is 5.78 Å². The van der Waals surface area contributed by atoms with Gasteiger partial charge in [-0.15, -0.1) is 0 Å². The van der Waals surface area contributed by atoms with E-state index in [0.29, 0.717) is 5.69 Å². The summed E-state index contributed by atoms with van der Waals surface area (Å²) in [6.45, 7) is 1.79. The van der Waals surface area contributed by atoms with E-state index in [2.05, 4.69) is 5.10 Å². The van der Waals surface area contributed by atoms with Crippen molar-refractivity contribution in [3.05, 3.63) is 52.8 Å². The van der Waals surface area contributed by atoms with Gasteiger partial charge in [0.15, 0.2) is 5.78 Å². The van der Waals surface area contributed by atoms with Crippen molar-refractivity contribution in [1.82, 2.24) is 9.78 Å². The van der Waals surface area contributed by atoms with Gasteiger partial charge in [0.1, 0.15) is 0 Å². The number of ketones is 1. The van der Waals surface area contributed by atoms with E-state index in [0.717, 1.165) is 17.8 Å². The van der Waals surface area contributed by atoms with Crippen molar-refractivity contribution in [3.8, 4) is 0 Å². The van der Waals surface area contributed by atoms with Crippen LogP contribution in [-0.2, 0) is 19.6 Å². The highest BCUT2D eigenvalue weighted by atomic mass is 19.4. The van der Waals surface area contributed by atoms with E-state index in [1.54, 1.807) is 24.7 Å². The Labute approximate surface area is 114 Å². The first-order valence-electron chi connectivity index (χ1n) is 5.97. The third kappa shape index (κ3) is 3.07. The van der Waals surface area contributed by atoms with E-state index in [1.807, 2.05) is 0 Å². The standard InChI is InChI=1S/C14H13F3N2O/c1-9-6-12(19(2)18-9)8-13(20)10-4-3-5-11(7-10)14(15,16)17/h3-7H,8H2,1-2H3. The first-order valence-corrected chi connectivity index (χ1v) is 5.97. The first kappa shape index (κ1) is 14.3. The molecule has 106 valence electrons. The summed E-state index contributed by atoms with van der Waals surface area (Å²) in [6, 6.07) is 6.20. The van der Waals surface area contributed by atoms with Gasteiger partial charge in [-0.25, -0.2) is 0 Å². The van der Waals surface area contributed by atoms with E-state index in [4.69, 9.17) is 0 Å². The molecule has 2 rings (SSSR count). The molecule has 0 aliphatic heterocycles. The maximum Gasteiger partial charge on any atom is 0.416 e. The van der Waals surface area contributed by atoms with Crippen LogP contribution in [0.3, 0.4) is 0 Å². The van der Waals surface area contributed by atoms with Crippen LogP contribution in [0.5, 0.6) is 0 Å². The predicted octanol–water partition coefficient (Wildman–Crippen LogP) is 3.17. The fourth-order valence-corrected chi connectivity index (χ4v) is 1.97. The number of hydrogen-bond donors (Lipinski definition) is 0. The van der Waals surface area contributed by atoms with Crippen LogP contribution in [0.2, 0.25) is 0 Å². The molecule has 6 heteroatoms. The van der Waals surface area contributed by atoms with E-state index in [-0.39, 0.29) is 17.8 Å². The number of rotatable bonds is 3. The minimum absolute atomic E-state index is 0.0264. The Morgan fingerprint density at radius 1 is 1.30 bits per heavy atom. The van der Waals surface area contributed by atoms with E-state index < -0.39 is 11.7 Å². The summed E-state index contributed by atoms with van der Waals surface area (Å²) in [7, 11) is 1.70. The highest BCUT2D eigenvalue weighted by molar-refractivity contribution is 5.97. The second-order valence-corrected chi connectivity index (χ2v) is 4.58. The number of carbonyl (C=O) groups excluding carboxylic acids is 1. The average molecular weight is 282 g/mol.